The van der Waals surface area contributed by atoms with E-state index in [0.29, 0.717) is 5.13 Å². The molecule has 152 valence electrons. The van der Waals surface area contributed by atoms with Crippen molar-refractivity contribution in [2.24, 2.45) is 0 Å². The molecule has 0 aromatic carbocycles. The molecule has 3 N–H and O–H groups in total. The van der Waals surface area contributed by atoms with E-state index in [0.717, 1.165) is 52.6 Å². The third kappa shape index (κ3) is 3.57. The van der Waals surface area contributed by atoms with Crippen molar-refractivity contribution >= 4 is 28.3 Å². The number of pyridine rings is 1. The first kappa shape index (κ1) is 19.4. The molecule has 0 spiro atoms. The summed E-state index contributed by atoms with van der Waals surface area (Å²) in [6.07, 6.45) is 4.68. The summed E-state index contributed by atoms with van der Waals surface area (Å²) in [6, 6.07) is 3.97. The Morgan fingerprint density at radius 1 is 1.24 bits per heavy atom. The Kier molecular flexibility index (Phi) is 5.23. The molecule has 0 saturated heterocycles. The first-order valence-corrected chi connectivity index (χ1v) is 10.6. The van der Waals surface area contributed by atoms with E-state index in [4.69, 9.17) is 5.10 Å². The summed E-state index contributed by atoms with van der Waals surface area (Å²) in [5.41, 5.74) is 5.36. The first-order valence-electron chi connectivity index (χ1n) is 9.76. The lowest BCUT2D eigenvalue weighted by Gasteiger charge is -2.10. The molecule has 3 heterocycles. The van der Waals surface area contributed by atoms with E-state index in [1.54, 1.807) is 7.05 Å². The Hall–Kier alpha value is -2.94. The zero-order valence-corrected chi connectivity index (χ0v) is 17.9. The zero-order valence-electron chi connectivity index (χ0n) is 17.0. The van der Waals surface area contributed by atoms with E-state index >= 15 is 0 Å². The van der Waals surface area contributed by atoms with Crippen LogP contribution in [0.4, 0.5) is 15.7 Å². The number of aromatic nitrogens is 4. The minimum atomic E-state index is -0.261. The number of urea groups is 1. The van der Waals surface area contributed by atoms with Gasteiger partial charge in [-0.1, -0.05) is 11.3 Å². The largest absolute Gasteiger partial charge is 0.373 e. The Labute approximate surface area is 173 Å². The third-order valence-corrected chi connectivity index (χ3v) is 6.01. The van der Waals surface area contributed by atoms with Crippen LogP contribution in [0.2, 0.25) is 0 Å². The van der Waals surface area contributed by atoms with Gasteiger partial charge in [-0.2, -0.15) is 5.10 Å². The van der Waals surface area contributed by atoms with Crippen molar-refractivity contribution in [1.82, 2.24) is 25.1 Å². The van der Waals surface area contributed by atoms with Crippen LogP contribution >= 0.6 is 11.3 Å². The van der Waals surface area contributed by atoms with Gasteiger partial charge in [0.05, 0.1) is 22.0 Å². The Morgan fingerprint density at radius 2 is 2.07 bits per heavy atom. The van der Waals surface area contributed by atoms with Gasteiger partial charge < -0.3 is 10.6 Å². The number of nitrogens with zero attached hydrogens (tertiary/aromatic N) is 4. The van der Waals surface area contributed by atoms with Gasteiger partial charge in [0.25, 0.3) is 0 Å². The molecule has 2 amide bonds. The monoisotopic (exact) mass is 411 g/mol. The van der Waals surface area contributed by atoms with Crippen molar-refractivity contribution in [2.45, 2.75) is 39.2 Å². The molecule has 0 aliphatic heterocycles. The van der Waals surface area contributed by atoms with Gasteiger partial charge >= 0.3 is 6.03 Å². The summed E-state index contributed by atoms with van der Waals surface area (Å²) in [5, 5.41) is 14.0. The van der Waals surface area contributed by atoms with Crippen LogP contribution in [-0.4, -0.2) is 39.9 Å². The van der Waals surface area contributed by atoms with Gasteiger partial charge in [0, 0.05) is 37.5 Å². The molecule has 0 fully saturated rings. The number of hydrogen-bond acceptors (Lipinski definition) is 6. The maximum absolute atomic E-state index is 11.7. The molecule has 0 radical (unpaired) electrons. The molecule has 8 nitrogen and oxygen atoms in total. The minimum Gasteiger partial charge on any atom is -0.373 e. The summed E-state index contributed by atoms with van der Waals surface area (Å²) in [6.45, 7) is 4.27. The second-order valence-electron chi connectivity index (χ2n) is 7.25. The molecule has 0 saturated carbocycles. The molecule has 3 aromatic heterocycles. The smallest absolute Gasteiger partial charge is 0.320 e. The van der Waals surface area contributed by atoms with Crippen LogP contribution in [0.5, 0.6) is 0 Å². The molecule has 0 bridgehead atoms. The number of carbonyl (C=O) groups excluding carboxylic acids is 1. The van der Waals surface area contributed by atoms with Gasteiger partial charge in [-0.25, -0.2) is 14.8 Å². The van der Waals surface area contributed by atoms with Crippen molar-refractivity contribution in [1.29, 1.82) is 0 Å². The zero-order chi connectivity index (χ0) is 20.5. The van der Waals surface area contributed by atoms with Crippen LogP contribution in [0.3, 0.4) is 0 Å². The van der Waals surface area contributed by atoms with Crippen LogP contribution in [0.15, 0.2) is 18.3 Å². The number of hydrogen-bond donors (Lipinski definition) is 3. The molecule has 3 aromatic rings. The van der Waals surface area contributed by atoms with Crippen LogP contribution < -0.4 is 16.0 Å². The lowest BCUT2D eigenvalue weighted by Crippen LogP contribution is -2.24. The Morgan fingerprint density at radius 3 is 2.72 bits per heavy atom. The number of thiazole rings is 1. The van der Waals surface area contributed by atoms with Crippen molar-refractivity contribution in [2.75, 3.05) is 24.7 Å². The van der Waals surface area contributed by atoms with Crippen LogP contribution in [0.1, 0.15) is 37.6 Å². The number of carbonyl (C=O) groups is 1. The van der Waals surface area contributed by atoms with Gasteiger partial charge in [0.1, 0.15) is 5.82 Å². The van der Waals surface area contributed by atoms with Crippen molar-refractivity contribution in [3.05, 3.63) is 29.6 Å². The van der Waals surface area contributed by atoms with E-state index in [1.807, 2.05) is 19.3 Å². The molecule has 1 aliphatic carbocycles. The van der Waals surface area contributed by atoms with Crippen LogP contribution in [0, 0.1) is 0 Å². The summed E-state index contributed by atoms with van der Waals surface area (Å²) >= 11 is 1.51. The number of fused-ring (bicyclic) bond motifs is 3. The summed E-state index contributed by atoms with van der Waals surface area (Å²) < 4.78 is 2.09. The van der Waals surface area contributed by atoms with Gasteiger partial charge in [-0.05, 0) is 45.2 Å². The van der Waals surface area contributed by atoms with Gasteiger partial charge in [0.2, 0.25) is 0 Å². The van der Waals surface area contributed by atoms with Crippen molar-refractivity contribution in [3.8, 4) is 21.8 Å². The second-order valence-corrected chi connectivity index (χ2v) is 8.25. The number of anilines is 2. The predicted molar refractivity (Wildman–Crippen MR) is 117 cm³/mol. The summed E-state index contributed by atoms with van der Waals surface area (Å²) in [7, 11) is 3.46. The van der Waals surface area contributed by atoms with Gasteiger partial charge in [-0.3, -0.25) is 10.00 Å². The average molecular weight is 412 g/mol. The number of rotatable bonds is 4. The quantitative estimate of drug-likeness (QED) is 0.604. The topological polar surface area (TPSA) is 96.8 Å². The van der Waals surface area contributed by atoms with E-state index in [9.17, 15) is 4.79 Å². The van der Waals surface area contributed by atoms with E-state index in [2.05, 4.69) is 50.5 Å². The third-order valence-electron chi connectivity index (χ3n) is 4.99. The van der Waals surface area contributed by atoms with E-state index in [1.165, 1.54) is 16.9 Å². The lowest BCUT2D eigenvalue weighted by atomic mass is 10.0. The number of aryl methyl sites for hydroxylation is 1. The molecular formula is C20H25N7OS. The maximum atomic E-state index is 11.7. The number of nitrogens with one attached hydrogen (secondary N) is 3. The van der Waals surface area contributed by atoms with Gasteiger partial charge in [-0.15, -0.1) is 0 Å². The molecule has 9 heteroatoms. The van der Waals surface area contributed by atoms with Crippen molar-refractivity contribution in [3.63, 3.8) is 0 Å². The summed E-state index contributed by atoms with van der Waals surface area (Å²) in [4.78, 5) is 22.0. The fourth-order valence-corrected chi connectivity index (χ4v) is 4.66. The SMILES string of the molecule is CNC(=O)Nc1nc2c(s1)-c1c(c(-c3ccc(NC)nc3)nn1C(C)C)CCC2. The minimum absolute atomic E-state index is 0.199. The normalized spacial score (nSPS) is 12.9. The molecule has 4 rings (SSSR count). The fourth-order valence-electron chi connectivity index (χ4n) is 3.59. The highest BCUT2D eigenvalue weighted by Gasteiger charge is 2.28. The standard InChI is InChI=1S/C20H25N7OS/c1-11(2)27-17-13(16(26-27)12-8-9-15(21-3)23-10-12)6-5-7-14-18(17)29-20(24-14)25-19(28)22-4/h8-11H,5-7H2,1-4H3,(H,21,23)(H2,22,24,25,28). The maximum Gasteiger partial charge on any atom is 0.320 e. The molecule has 0 atom stereocenters. The highest BCUT2D eigenvalue weighted by Crippen LogP contribution is 2.43. The first-order chi connectivity index (χ1) is 14.0. The Balaban J connectivity index is 1.85. The molecule has 29 heavy (non-hydrogen) atoms. The van der Waals surface area contributed by atoms with Crippen LogP contribution in [0.25, 0.3) is 21.8 Å². The Bertz CT molecular complexity index is 1040. The van der Waals surface area contributed by atoms with Crippen molar-refractivity contribution < 1.29 is 4.79 Å². The fraction of sp³-hybridized carbons (Fsp3) is 0.400. The van der Waals surface area contributed by atoms with E-state index < -0.39 is 0 Å². The second kappa shape index (κ2) is 7.82. The average Bonchev–Trinajstić information content (AvgIpc) is 3.25. The predicted octanol–water partition coefficient (Wildman–Crippen LogP) is 3.93. The molecule has 0 unspecified atom stereocenters. The summed E-state index contributed by atoms with van der Waals surface area (Å²) in [5.74, 6) is 0.831. The molecule has 1 aliphatic rings. The van der Waals surface area contributed by atoms with Crippen LogP contribution in [-0.2, 0) is 12.8 Å². The highest BCUT2D eigenvalue weighted by atomic mass is 32.1. The highest BCUT2D eigenvalue weighted by molar-refractivity contribution is 7.19. The van der Waals surface area contributed by atoms with E-state index in [-0.39, 0.29) is 12.1 Å². The number of amides is 2. The lowest BCUT2D eigenvalue weighted by molar-refractivity contribution is 0.254. The molecular weight excluding hydrogens is 386 g/mol. The van der Waals surface area contributed by atoms with Gasteiger partial charge in [0.15, 0.2) is 5.13 Å².